The summed E-state index contributed by atoms with van der Waals surface area (Å²) in [5.41, 5.74) is 2.60. The monoisotopic (exact) mass is 314 g/mol. The van der Waals surface area contributed by atoms with E-state index in [4.69, 9.17) is 4.74 Å². The molecule has 0 saturated carbocycles. The number of aryl methyl sites for hydroxylation is 2. The molecule has 0 aliphatic heterocycles. The van der Waals surface area contributed by atoms with Crippen LogP contribution in [0.1, 0.15) is 18.1 Å². The van der Waals surface area contributed by atoms with Gasteiger partial charge in [0.25, 0.3) is 11.6 Å². The highest BCUT2D eigenvalue weighted by Crippen LogP contribution is 2.22. The van der Waals surface area contributed by atoms with E-state index in [1.807, 2.05) is 32.0 Å². The molecule has 2 aromatic rings. The van der Waals surface area contributed by atoms with Crippen LogP contribution < -0.4 is 10.1 Å². The van der Waals surface area contributed by atoms with Crippen molar-refractivity contribution >= 4 is 17.3 Å². The second-order valence-electron chi connectivity index (χ2n) is 5.27. The molecule has 6 nitrogen and oxygen atoms in total. The van der Waals surface area contributed by atoms with Crippen LogP contribution >= 0.6 is 0 Å². The summed E-state index contributed by atoms with van der Waals surface area (Å²) in [4.78, 5) is 22.5. The van der Waals surface area contributed by atoms with Crippen LogP contribution in [-0.4, -0.2) is 16.9 Å². The number of carbonyl (C=O) groups excluding carboxylic acids is 1. The second-order valence-corrected chi connectivity index (χ2v) is 5.27. The fourth-order valence-electron chi connectivity index (χ4n) is 2.16. The molecule has 0 unspecified atom stereocenters. The van der Waals surface area contributed by atoms with Crippen molar-refractivity contribution in [2.75, 3.05) is 5.32 Å². The molecule has 1 atom stereocenters. The second kappa shape index (κ2) is 6.91. The zero-order valence-electron chi connectivity index (χ0n) is 13.2. The summed E-state index contributed by atoms with van der Waals surface area (Å²) in [6.07, 6.45) is -0.781. The summed E-state index contributed by atoms with van der Waals surface area (Å²) in [7, 11) is 0. The Kier molecular flexibility index (Phi) is 4.95. The lowest BCUT2D eigenvalue weighted by atomic mass is 10.1. The molecule has 6 heteroatoms. The van der Waals surface area contributed by atoms with Gasteiger partial charge in [-0.05, 0) is 38.0 Å². The molecule has 0 saturated heterocycles. The van der Waals surface area contributed by atoms with Crippen molar-refractivity contribution in [3.05, 3.63) is 63.7 Å². The lowest BCUT2D eigenvalue weighted by molar-refractivity contribution is -0.384. The van der Waals surface area contributed by atoms with E-state index in [1.165, 1.54) is 18.2 Å². The van der Waals surface area contributed by atoms with Crippen molar-refractivity contribution in [2.45, 2.75) is 26.9 Å². The molecule has 0 spiro atoms. The summed E-state index contributed by atoms with van der Waals surface area (Å²) in [5.74, 6) is -0.0303. The van der Waals surface area contributed by atoms with E-state index in [1.54, 1.807) is 13.0 Å². The summed E-state index contributed by atoms with van der Waals surface area (Å²) in [6, 6.07) is 11.5. The van der Waals surface area contributed by atoms with Gasteiger partial charge >= 0.3 is 0 Å². The number of rotatable bonds is 5. The molecule has 0 heterocycles. The Morgan fingerprint density at radius 1 is 1.17 bits per heavy atom. The summed E-state index contributed by atoms with van der Waals surface area (Å²) < 4.78 is 5.50. The molecule has 0 fully saturated rings. The van der Waals surface area contributed by atoms with E-state index in [0.29, 0.717) is 0 Å². The highest BCUT2D eigenvalue weighted by Gasteiger charge is 2.17. The van der Waals surface area contributed by atoms with Crippen molar-refractivity contribution in [3.63, 3.8) is 0 Å². The molecule has 0 aromatic heterocycles. The first kappa shape index (κ1) is 16.5. The first-order chi connectivity index (χ1) is 10.9. The maximum atomic E-state index is 12.3. The van der Waals surface area contributed by atoms with Gasteiger partial charge in [0, 0.05) is 11.8 Å². The first-order valence-corrected chi connectivity index (χ1v) is 7.16. The number of hydrogen-bond donors (Lipinski definition) is 1. The van der Waals surface area contributed by atoms with Gasteiger partial charge in [-0.25, -0.2) is 0 Å². The first-order valence-electron chi connectivity index (χ1n) is 7.16. The van der Waals surface area contributed by atoms with Crippen LogP contribution in [0.4, 0.5) is 11.4 Å². The van der Waals surface area contributed by atoms with Gasteiger partial charge < -0.3 is 10.1 Å². The Labute approximate surface area is 134 Å². The van der Waals surface area contributed by atoms with Gasteiger partial charge in [-0.1, -0.05) is 24.3 Å². The number of nitro benzene ring substituents is 1. The minimum atomic E-state index is -0.781. The highest BCUT2D eigenvalue weighted by molar-refractivity contribution is 5.95. The van der Waals surface area contributed by atoms with Crippen LogP contribution in [0.2, 0.25) is 0 Å². The third kappa shape index (κ3) is 4.06. The van der Waals surface area contributed by atoms with Gasteiger partial charge in [-0.3, -0.25) is 14.9 Å². The molecule has 0 radical (unpaired) electrons. The van der Waals surface area contributed by atoms with Gasteiger partial charge in [-0.2, -0.15) is 0 Å². The number of para-hydroxylation sites is 1. The van der Waals surface area contributed by atoms with Crippen LogP contribution in [-0.2, 0) is 4.79 Å². The number of non-ortho nitro benzene ring substituents is 1. The Balaban J connectivity index is 2.08. The molecule has 2 rings (SSSR count). The fraction of sp³-hybridized carbons (Fsp3) is 0.235. The molecule has 0 bridgehead atoms. The molecule has 23 heavy (non-hydrogen) atoms. The minimum Gasteiger partial charge on any atom is -0.481 e. The van der Waals surface area contributed by atoms with Crippen molar-refractivity contribution in [1.82, 2.24) is 0 Å². The molecular weight excluding hydrogens is 296 g/mol. The summed E-state index contributed by atoms with van der Waals surface area (Å²) in [5, 5.41) is 13.6. The number of ether oxygens (including phenoxy) is 1. The highest BCUT2D eigenvalue weighted by atomic mass is 16.6. The quantitative estimate of drug-likeness (QED) is 0.675. The van der Waals surface area contributed by atoms with Gasteiger partial charge in [0.2, 0.25) is 0 Å². The number of anilines is 1. The largest absolute Gasteiger partial charge is 0.481 e. The Hall–Kier alpha value is -2.89. The average molecular weight is 314 g/mol. The van der Waals surface area contributed by atoms with E-state index in [0.717, 1.165) is 16.8 Å². The smallest absolute Gasteiger partial charge is 0.273 e. The number of nitrogens with zero attached hydrogens (tertiary/aromatic N) is 1. The Morgan fingerprint density at radius 2 is 1.78 bits per heavy atom. The number of carbonyl (C=O) groups is 1. The number of amides is 1. The maximum Gasteiger partial charge on any atom is 0.273 e. The topological polar surface area (TPSA) is 81.5 Å². The number of benzene rings is 2. The van der Waals surface area contributed by atoms with Crippen LogP contribution in [0.25, 0.3) is 0 Å². The normalized spacial score (nSPS) is 11.6. The van der Waals surface area contributed by atoms with Crippen LogP contribution in [0.3, 0.4) is 0 Å². The third-order valence-corrected chi connectivity index (χ3v) is 3.44. The molecule has 0 aliphatic rings. The molecule has 1 N–H and O–H groups in total. The van der Waals surface area contributed by atoms with Crippen LogP contribution in [0.5, 0.6) is 5.75 Å². The number of nitrogens with one attached hydrogen (secondary N) is 1. The predicted octanol–water partition coefficient (Wildman–Crippen LogP) is 3.62. The molecular formula is C17H18N2O4. The fourth-order valence-corrected chi connectivity index (χ4v) is 2.16. The van der Waals surface area contributed by atoms with Crippen molar-refractivity contribution < 1.29 is 14.5 Å². The molecule has 2 aromatic carbocycles. The van der Waals surface area contributed by atoms with E-state index in [-0.39, 0.29) is 17.3 Å². The van der Waals surface area contributed by atoms with E-state index >= 15 is 0 Å². The SMILES string of the molecule is Cc1cccc(C)c1NC(=O)[C@H](C)Oc1cccc([N+](=O)[O-])c1. The number of nitro groups is 1. The van der Waals surface area contributed by atoms with Crippen LogP contribution in [0.15, 0.2) is 42.5 Å². The van der Waals surface area contributed by atoms with Crippen molar-refractivity contribution in [1.29, 1.82) is 0 Å². The van der Waals surface area contributed by atoms with E-state index in [9.17, 15) is 14.9 Å². The van der Waals surface area contributed by atoms with Gasteiger partial charge in [0.15, 0.2) is 6.10 Å². The maximum absolute atomic E-state index is 12.3. The average Bonchev–Trinajstić information content (AvgIpc) is 2.51. The van der Waals surface area contributed by atoms with E-state index in [2.05, 4.69) is 5.32 Å². The van der Waals surface area contributed by atoms with Gasteiger partial charge in [-0.15, -0.1) is 0 Å². The molecule has 0 aliphatic carbocycles. The number of hydrogen-bond acceptors (Lipinski definition) is 4. The predicted molar refractivity (Wildman–Crippen MR) is 87.7 cm³/mol. The third-order valence-electron chi connectivity index (χ3n) is 3.44. The Morgan fingerprint density at radius 3 is 2.39 bits per heavy atom. The minimum absolute atomic E-state index is 0.0788. The van der Waals surface area contributed by atoms with E-state index < -0.39 is 11.0 Å². The lowest BCUT2D eigenvalue weighted by Crippen LogP contribution is -2.30. The summed E-state index contributed by atoms with van der Waals surface area (Å²) in [6.45, 7) is 5.42. The lowest BCUT2D eigenvalue weighted by Gasteiger charge is -2.17. The Bertz CT molecular complexity index is 723. The zero-order chi connectivity index (χ0) is 17.0. The zero-order valence-corrected chi connectivity index (χ0v) is 13.2. The van der Waals surface area contributed by atoms with Crippen molar-refractivity contribution in [2.24, 2.45) is 0 Å². The standard InChI is InChI=1S/C17H18N2O4/c1-11-6-4-7-12(2)16(11)18-17(20)13(3)23-15-9-5-8-14(10-15)19(21)22/h4-10,13H,1-3H3,(H,18,20)/t13-/m0/s1. The summed E-state index contributed by atoms with van der Waals surface area (Å²) >= 11 is 0. The van der Waals surface area contributed by atoms with Gasteiger partial charge in [0.05, 0.1) is 11.0 Å². The van der Waals surface area contributed by atoms with Crippen molar-refractivity contribution in [3.8, 4) is 5.75 Å². The van der Waals surface area contributed by atoms with Gasteiger partial charge in [0.1, 0.15) is 5.75 Å². The van der Waals surface area contributed by atoms with Crippen LogP contribution in [0, 0.1) is 24.0 Å². The molecule has 120 valence electrons. The molecule has 1 amide bonds.